The van der Waals surface area contributed by atoms with E-state index in [-0.39, 0.29) is 15.6 Å². The van der Waals surface area contributed by atoms with Crippen molar-refractivity contribution in [3.63, 3.8) is 0 Å². The molecule has 0 aromatic carbocycles. The zero-order valence-electron chi connectivity index (χ0n) is 11.1. The number of amides is 1. The number of carbonyl (C=O) groups is 1. The maximum absolute atomic E-state index is 12.6. The fraction of sp³-hybridized carbons (Fsp3) is 0.417. The molecule has 1 aromatic heterocycles. The van der Waals surface area contributed by atoms with E-state index in [0.717, 1.165) is 11.3 Å². The van der Waals surface area contributed by atoms with Crippen LogP contribution in [0.5, 0.6) is 0 Å². The Morgan fingerprint density at radius 3 is 2.53 bits per heavy atom. The number of nitrogens with one attached hydrogen (secondary N) is 1. The summed E-state index contributed by atoms with van der Waals surface area (Å²) in [5.41, 5.74) is -0.241. The van der Waals surface area contributed by atoms with Gasteiger partial charge in [0, 0.05) is 5.38 Å². The number of hydrogen-bond donors (Lipinski definition) is 1. The minimum absolute atomic E-state index is 0.00469. The molecule has 1 aromatic rings. The van der Waals surface area contributed by atoms with Crippen LogP contribution in [0.15, 0.2) is 16.4 Å². The van der Waals surface area contributed by atoms with E-state index in [1.165, 1.54) is 17.1 Å². The van der Waals surface area contributed by atoms with Crippen LogP contribution < -0.4 is 5.32 Å². The fourth-order valence-corrected chi connectivity index (χ4v) is 2.65. The Labute approximate surface area is 125 Å². The summed E-state index contributed by atoms with van der Waals surface area (Å²) in [4.78, 5) is 12.2. The average Bonchev–Trinajstić information content (AvgIpc) is 2.75. The maximum atomic E-state index is 12.6. The molecule has 1 amide bonds. The van der Waals surface area contributed by atoms with Crippen LogP contribution in [-0.4, -0.2) is 12.2 Å². The predicted octanol–water partition coefficient (Wildman–Crippen LogP) is 5.57. The predicted molar refractivity (Wildman–Crippen MR) is 81.5 cm³/mol. The number of anilines is 1. The number of rotatable bonds is 4. The Hall–Kier alpha value is -0.590. The van der Waals surface area contributed by atoms with Crippen molar-refractivity contribution >= 4 is 46.3 Å². The molecule has 0 saturated heterocycles. The van der Waals surface area contributed by atoms with Gasteiger partial charge in [-0.2, -0.15) is 0 Å². The Morgan fingerprint density at radius 1 is 1.53 bits per heavy atom. The van der Waals surface area contributed by atoms with Gasteiger partial charge < -0.3 is 5.32 Å². The first-order valence-electron chi connectivity index (χ1n) is 5.58. The van der Waals surface area contributed by atoms with Crippen LogP contribution in [0.3, 0.4) is 0 Å². The fourth-order valence-electron chi connectivity index (χ4n) is 1.15. The lowest BCUT2D eigenvalue weighted by Crippen LogP contribution is -2.13. The summed E-state index contributed by atoms with van der Waals surface area (Å²) in [6.45, 7) is 5.70. The molecular formula is C12H16ClF2NOS2. The Balaban J connectivity index is 0.00000154. The SMILES string of the molecule is C/C=C(\SC)C(=O)Nc1c(C(F)F)csc1Cl.CC. The molecule has 0 spiro atoms. The van der Waals surface area contributed by atoms with Gasteiger partial charge in [-0.25, -0.2) is 8.78 Å². The summed E-state index contributed by atoms with van der Waals surface area (Å²) in [7, 11) is 0. The minimum Gasteiger partial charge on any atom is -0.319 e. The Kier molecular flexibility index (Phi) is 9.05. The van der Waals surface area contributed by atoms with Gasteiger partial charge in [-0.15, -0.1) is 23.1 Å². The van der Waals surface area contributed by atoms with Crippen LogP contribution in [0.2, 0.25) is 4.34 Å². The second-order valence-corrected chi connectivity index (χ2v) is 5.28. The molecule has 0 atom stereocenters. The topological polar surface area (TPSA) is 29.1 Å². The molecule has 0 aliphatic carbocycles. The van der Waals surface area contributed by atoms with Gasteiger partial charge in [0.25, 0.3) is 12.3 Å². The van der Waals surface area contributed by atoms with Crippen molar-refractivity contribution in [2.45, 2.75) is 27.2 Å². The van der Waals surface area contributed by atoms with Crippen molar-refractivity contribution in [3.05, 3.63) is 26.3 Å². The molecule has 108 valence electrons. The van der Waals surface area contributed by atoms with Crippen LogP contribution in [0, 0.1) is 0 Å². The molecule has 0 aliphatic heterocycles. The number of carbonyl (C=O) groups excluding carboxylic acids is 1. The van der Waals surface area contributed by atoms with Gasteiger partial charge in [0.1, 0.15) is 4.34 Å². The first-order valence-corrected chi connectivity index (χ1v) is 8.06. The van der Waals surface area contributed by atoms with Crippen LogP contribution in [0.25, 0.3) is 0 Å². The van der Waals surface area contributed by atoms with Crippen molar-refractivity contribution in [2.24, 2.45) is 0 Å². The highest BCUT2D eigenvalue weighted by Gasteiger charge is 2.20. The zero-order valence-corrected chi connectivity index (χ0v) is 13.5. The first kappa shape index (κ1) is 18.4. The largest absolute Gasteiger partial charge is 0.319 e. The lowest BCUT2D eigenvalue weighted by molar-refractivity contribution is -0.112. The van der Waals surface area contributed by atoms with Gasteiger partial charge >= 0.3 is 0 Å². The van der Waals surface area contributed by atoms with E-state index in [2.05, 4.69) is 5.32 Å². The first-order chi connectivity index (χ1) is 9.01. The maximum Gasteiger partial charge on any atom is 0.266 e. The number of halogens is 3. The average molecular weight is 328 g/mol. The van der Waals surface area contributed by atoms with Gasteiger partial charge in [0.2, 0.25) is 0 Å². The summed E-state index contributed by atoms with van der Waals surface area (Å²) in [5.74, 6) is -0.429. The number of hydrogen-bond acceptors (Lipinski definition) is 3. The molecule has 0 unspecified atom stereocenters. The minimum atomic E-state index is -2.66. The summed E-state index contributed by atoms with van der Waals surface area (Å²) in [5, 5.41) is 3.66. The summed E-state index contributed by atoms with van der Waals surface area (Å²) in [6.07, 6.45) is 0.693. The van der Waals surface area contributed by atoms with Crippen molar-refractivity contribution in [3.8, 4) is 0 Å². The second-order valence-electron chi connectivity index (χ2n) is 2.95. The van der Waals surface area contributed by atoms with E-state index in [0.29, 0.717) is 4.91 Å². The van der Waals surface area contributed by atoms with Crippen LogP contribution in [0.1, 0.15) is 32.8 Å². The summed E-state index contributed by atoms with van der Waals surface area (Å²) in [6, 6.07) is 0. The highest BCUT2D eigenvalue weighted by atomic mass is 35.5. The second kappa shape index (κ2) is 9.34. The van der Waals surface area contributed by atoms with Crippen LogP contribution >= 0.6 is 34.7 Å². The smallest absolute Gasteiger partial charge is 0.266 e. The number of thiophene rings is 1. The lowest BCUT2D eigenvalue weighted by Gasteiger charge is -2.08. The normalized spacial score (nSPS) is 11.1. The number of alkyl halides is 2. The summed E-state index contributed by atoms with van der Waals surface area (Å²) >= 11 is 7.98. The van der Waals surface area contributed by atoms with E-state index in [9.17, 15) is 13.6 Å². The molecule has 0 fully saturated rings. The van der Waals surface area contributed by atoms with Crippen molar-refractivity contribution < 1.29 is 13.6 Å². The monoisotopic (exact) mass is 327 g/mol. The number of thioether (sulfide) groups is 1. The molecule has 0 bridgehead atoms. The van der Waals surface area contributed by atoms with Crippen molar-refractivity contribution in [1.29, 1.82) is 0 Å². The molecule has 0 radical (unpaired) electrons. The van der Waals surface area contributed by atoms with Gasteiger partial charge in [-0.05, 0) is 13.2 Å². The molecule has 2 nitrogen and oxygen atoms in total. The van der Waals surface area contributed by atoms with Crippen molar-refractivity contribution in [1.82, 2.24) is 0 Å². The van der Waals surface area contributed by atoms with E-state index in [1.54, 1.807) is 19.3 Å². The van der Waals surface area contributed by atoms with E-state index in [1.807, 2.05) is 13.8 Å². The van der Waals surface area contributed by atoms with E-state index in [4.69, 9.17) is 11.6 Å². The van der Waals surface area contributed by atoms with Crippen LogP contribution in [0.4, 0.5) is 14.5 Å². The third-order valence-electron chi connectivity index (χ3n) is 1.95. The molecule has 0 saturated carbocycles. The van der Waals surface area contributed by atoms with Gasteiger partial charge in [-0.1, -0.05) is 31.5 Å². The molecule has 1 N–H and O–H groups in total. The third kappa shape index (κ3) is 5.12. The van der Waals surface area contributed by atoms with Gasteiger partial charge in [0.15, 0.2) is 0 Å². The Bertz CT molecular complexity index is 447. The molecular weight excluding hydrogens is 312 g/mol. The highest BCUT2D eigenvalue weighted by molar-refractivity contribution is 8.03. The number of allylic oxidation sites excluding steroid dienone is 1. The molecule has 1 rings (SSSR count). The Morgan fingerprint density at radius 2 is 2.11 bits per heavy atom. The van der Waals surface area contributed by atoms with E-state index >= 15 is 0 Å². The summed E-state index contributed by atoms with van der Waals surface area (Å²) < 4.78 is 25.4. The molecule has 1 heterocycles. The van der Waals surface area contributed by atoms with E-state index < -0.39 is 12.3 Å². The third-order valence-corrected chi connectivity index (χ3v) is 4.05. The quantitative estimate of drug-likeness (QED) is 0.732. The standard InChI is InChI=1S/C10H10ClF2NOS2.C2H6/c1-3-6(16-2)10(15)14-7-5(9(12)13)4-17-8(7)11;1-2/h3-4,9H,1-2H3,(H,14,15);1-2H3/b6-3-;. The van der Waals surface area contributed by atoms with Gasteiger partial charge in [-0.3, -0.25) is 4.79 Å². The zero-order chi connectivity index (χ0) is 15.0. The molecule has 7 heteroatoms. The molecule has 0 aliphatic rings. The highest BCUT2D eigenvalue weighted by Crippen LogP contribution is 2.38. The van der Waals surface area contributed by atoms with Crippen molar-refractivity contribution in [2.75, 3.05) is 11.6 Å². The van der Waals surface area contributed by atoms with Gasteiger partial charge in [0.05, 0.1) is 16.2 Å². The molecule has 19 heavy (non-hydrogen) atoms. The van der Waals surface area contributed by atoms with Crippen LogP contribution in [-0.2, 0) is 4.79 Å². The lowest BCUT2D eigenvalue weighted by atomic mass is 10.3.